The molecule has 2 aromatic heterocycles. The van der Waals surface area contributed by atoms with Crippen molar-refractivity contribution in [3.8, 4) is 11.5 Å². The number of aromatic nitrogens is 2. The molecule has 0 fully saturated rings. The van der Waals surface area contributed by atoms with E-state index in [0.717, 1.165) is 10.6 Å². The molecule has 0 bridgehead atoms. The number of oxazole rings is 1. The van der Waals surface area contributed by atoms with Gasteiger partial charge in [-0.05, 0) is 25.1 Å². The van der Waals surface area contributed by atoms with E-state index in [-0.39, 0.29) is 11.9 Å². The van der Waals surface area contributed by atoms with Crippen molar-refractivity contribution in [2.75, 3.05) is 11.9 Å². The van der Waals surface area contributed by atoms with Gasteiger partial charge in [0, 0.05) is 34.8 Å². The van der Waals surface area contributed by atoms with E-state index in [1.54, 1.807) is 17.5 Å². The van der Waals surface area contributed by atoms with Crippen LogP contribution in [0.2, 0.25) is 0 Å². The van der Waals surface area contributed by atoms with Crippen molar-refractivity contribution >= 4 is 23.1 Å². The van der Waals surface area contributed by atoms with Crippen LogP contribution in [0.4, 0.5) is 10.5 Å². The van der Waals surface area contributed by atoms with Crippen LogP contribution in [0.3, 0.4) is 0 Å². The van der Waals surface area contributed by atoms with Crippen LogP contribution in [0.1, 0.15) is 22.7 Å². The number of thiazole rings is 1. The number of amides is 2. The summed E-state index contributed by atoms with van der Waals surface area (Å²) in [6.07, 6.45) is 4.96. The van der Waals surface area contributed by atoms with Crippen molar-refractivity contribution in [2.45, 2.75) is 19.8 Å². The molecular formula is C17H18N4O2S. The van der Waals surface area contributed by atoms with Gasteiger partial charge < -0.3 is 15.1 Å². The molecule has 1 unspecified atom stereocenters. The Morgan fingerprint density at radius 1 is 1.38 bits per heavy atom. The van der Waals surface area contributed by atoms with Crippen molar-refractivity contribution in [3.63, 3.8) is 0 Å². The molecule has 3 rings (SSSR count). The highest BCUT2D eigenvalue weighted by molar-refractivity contribution is 7.11. The zero-order valence-corrected chi connectivity index (χ0v) is 14.3. The largest absolute Gasteiger partial charge is 0.445 e. The van der Waals surface area contributed by atoms with Gasteiger partial charge in [0.05, 0.1) is 11.2 Å². The summed E-state index contributed by atoms with van der Waals surface area (Å²) in [4.78, 5) is 21.7. The first-order valence-corrected chi connectivity index (χ1v) is 8.40. The summed E-state index contributed by atoms with van der Waals surface area (Å²) in [6.45, 7) is 4.59. The van der Waals surface area contributed by atoms with Crippen LogP contribution >= 0.6 is 11.3 Å². The van der Waals surface area contributed by atoms with Gasteiger partial charge in [-0.1, -0.05) is 13.0 Å². The van der Waals surface area contributed by atoms with E-state index in [1.807, 2.05) is 44.3 Å². The van der Waals surface area contributed by atoms with E-state index < -0.39 is 0 Å². The summed E-state index contributed by atoms with van der Waals surface area (Å²) in [5, 5.41) is 6.72. The Balaban J connectivity index is 1.56. The molecular weight excluding hydrogens is 324 g/mol. The number of benzene rings is 1. The molecule has 0 saturated carbocycles. The number of anilines is 1. The summed E-state index contributed by atoms with van der Waals surface area (Å²) >= 11 is 1.65. The molecule has 0 aliphatic carbocycles. The minimum absolute atomic E-state index is 0.174. The third-order valence-corrected chi connectivity index (χ3v) is 4.57. The van der Waals surface area contributed by atoms with E-state index in [2.05, 4.69) is 20.6 Å². The molecule has 0 radical (unpaired) electrons. The topological polar surface area (TPSA) is 80.0 Å². The molecule has 1 aromatic carbocycles. The Hall–Kier alpha value is -2.67. The Bertz CT molecular complexity index is 814. The number of rotatable bonds is 5. The Morgan fingerprint density at radius 3 is 2.96 bits per heavy atom. The van der Waals surface area contributed by atoms with Gasteiger partial charge in [0.25, 0.3) is 0 Å². The van der Waals surface area contributed by atoms with Gasteiger partial charge in [0.2, 0.25) is 5.89 Å². The number of hydrogen-bond donors (Lipinski definition) is 2. The predicted octanol–water partition coefficient (Wildman–Crippen LogP) is 4.03. The van der Waals surface area contributed by atoms with Gasteiger partial charge >= 0.3 is 6.03 Å². The first-order valence-electron chi connectivity index (χ1n) is 7.59. The quantitative estimate of drug-likeness (QED) is 0.733. The average molecular weight is 342 g/mol. The molecule has 6 nitrogen and oxygen atoms in total. The molecule has 1 atom stereocenters. The van der Waals surface area contributed by atoms with Gasteiger partial charge in [-0.25, -0.2) is 14.8 Å². The van der Waals surface area contributed by atoms with Crippen molar-refractivity contribution in [2.24, 2.45) is 0 Å². The minimum Gasteiger partial charge on any atom is -0.445 e. The molecule has 2 N–H and O–H groups in total. The van der Waals surface area contributed by atoms with E-state index in [1.165, 1.54) is 11.1 Å². The normalized spacial score (nSPS) is 11.9. The van der Waals surface area contributed by atoms with Crippen molar-refractivity contribution in [1.29, 1.82) is 0 Å². The van der Waals surface area contributed by atoms with Crippen LogP contribution in [-0.2, 0) is 0 Å². The molecule has 0 aliphatic heterocycles. The number of nitrogens with one attached hydrogen (secondary N) is 2. The molecule has 0 spiro atoms. The second-order valence-electron chi connectivity index (χ2n) is 5.46. The molecule has 124 valence electrons. The number of carbonyl (C=O) groups excluding carboxylic acids is 1. The van der Waals surface area contributed by atoms with Gasteiger partial charge in [-0.3, -0.25) is 0 Å². The lowest BCUT2D eigenvalue weighted by Gasteiger charge is -2.11. The van der Waals surface area contributed by atoms with E-state index in [9.17, 15) is 4.79 Å². The zero-order chi connectivity index (χ0) is 16.9. The lowest BCUT2D eigenvalue weighted by atomic mass is 10.2. The first kappa shape index (κ1) is 16.2. The molecule has 2 amide bonds. The fraction of sp³-hybridized carbons (Fsp3) is 0.235. The number of urea groups is 1. The molecule has 2 heterocycles. The van der Waals surface area contributed by atoms with E-state index >= 15 is 0 Å². The van der Waals surface area contributed by atoms with E-state index in [0.29, 0.717) is 18.1 Å². The lowest BCUT2D eigenvalue weighted by Crippen LogP contribution is -2.31. The second-order valence-corrected chi connectivity index (χ2v) is 6.73. The van der Waals surface area contributed by atoms with Crippen molar-refractivity contribution in [3.05, 3.63) is 52.8 Å². The number of nitrogens with zero attached hydrogens (tertiary/aromatic N) is 2. The van der Waals surface area contributed by atoms with Crippen LogP contribution in [0, 0.1) is 6.92 Å². The maximum absolute atomic E-state index is 12.1. The van der Waals surface area contributed by atoms with Gasteiger partial charge in [0.1, 0.15) is 6.26 Å². The molecule has 0 aliphatic rings. The zero-order valence-electron chi connectivity index (χ0n) is 13.4. The molecule has 24 heavy (non-hydrogen) atoms. The maximum Gasteiger partial charge on any atom is 0.319 e. The summed E-state index contributed by atoms with van der Waals surface area (Å²) < 4.78 is 5.26. The summed E-state index contributed by atoms with van der Waals surface area (Å²) in [6, 6.07) is 7.11. The van der Waals surface area contributed by atoms with Gasteiger partial charge in [-0.15, -0.1) is 11.3 Å². The number of aryl methyl sites for hydroxylation is 1. The Kier molecular flexibility index (Phi) is 4.90. The number of hydrogen-bond acceptors (Lipinski definition) is 5. The third-order valence-electron chi connectivity index (χ3n) is 3.43. The van der Waals surface area contributed by atoms with Crippen LogP contribution in [-0.4, -0.2) is 22.5 Å². The lowest BCUT2D eigenvalue weighted by molar-refractivity contribution is 0.251. The molecule has 3 aromatic rings. The van der Waals surface area contributed by atoms with E-state index in [4.69, 9.17) is 4.42 Å². The van der Waals surface area contributed by atoms with Gasteiger partial charge in [0.15, 0.2) is 0 Å². The SMILES string of the molecule is Cc1cnc(C(C)CNC(=O)Nc2cccc(-c3ncco3)c2)s1. The maximum atomic E-state index is 12.1. The van der Waals surface area contributed by atoms with Crippen LogP contribution in [0.5, 0.6) is 0 Å². The smallest absolute Gasteiger partial charge is 0.319 e. The monoisotopic (exact) mass is 342 g/mol. The minimum atomic E-state index is -0.250. The summed E-state index contributed by atoms with van der Waals surface area (Å²) in [7, 11) is 0. The van der Waals surface area contributed by atoms with Crippen LogP contribution < -0.4 is 10.6 Å². The van der Waals surface area contributed by atoms with Crippen LogP contribution in [0.25, 0.3) is 11.5 Å². The second kappa shape index (κ2) is 7.27. The van der Waals surface area contributed by atoms with Gasteiger partial charge in [-0.2, -0.15) is 0 Å². The van der Waals surface area contributed by atoms with Crippen molar-refractivity contribution < 1.29 is 9.21 Å². The summed E-state index contributed by atoms with van der Waals surface area (Å²) in [5.41, 5.74) is 1.49. The molecule has 7 heteroatoms. The summed E-state index contributed by atoms with van der Waals surface area (Å²) in [5.74, 6) is 0.694. The fourth-order valence-corrected chi connectivity index (χ4v) is 3.03. The van der Waals surface area contributed by atoms with Crippen molar-refractivity contribution in [1.82, 2.24) is 15.3 Å². The third kappa shape index (κ3) is 3.99. The van der Waals surface area contributed by atoms with Crippen LogP contribution in [0.15, 0.2) is 47.3 Å². The predicted molar refractivity (Wildman–Crippen MR) is 94.2 cm³/mol. The fourth-order valence-electron chi connectivity index (χ4n) is 2.20. The Labute approximate surface area is 144 Å². The highest BCUT2D eigenvalue weighted by atomic mass is 32.1. The molecule has 0 saturated heterocycles. The average Bonchev–Trinajstić information content (AvgIpc) is 3.24. The Morgan fingerprint density at radius 2 is 2.25 bits per heavy atom. The first-order chi connectivity index (χ1) is 11.6. The standard InChI is InChI=1S/C17H18N4O2S/c1-11(16-19-10-12(2)24-16)9-20-17(22)21-14-5-3-4-13(8-14)15-18-6-7-23-15/h3-8,10-11H,9H2,1-2H3,(H2,20,21,22). The highest BCUT2D eigenvalue weighted by Crippen LogP contribution is 2.22. The number of carbonyl (C=O) groups is 1. The highest BCUT2D eigenvalue weighted by Gasteiger charge is 2.11.